The molecule has 1 fully saturated rings. The number of fused-ring (bicyclic) bond motifs is 1. The molecular weight excluding hydrogens is 286 g/mol. The number of ether oxygens (including phenoxy) is 1. The number of nitrogens with one attached hydrogen (secondary N) is 1. The molecule has 4 nitrogen and oxygen atoms in total. The lowest BCUT2D eigenvalue weighted by molar-refractivity contribution is 0.0378. The third-order valence-electron chi connectivity index (χ3n) is 4.07. The van der Waals surface area contributed by atoms with Crippen molar-refractivity contribution < 1.29 is 4.74 Å². The fourth-order valence-electron chi connectivity index (χ4n) is 2.84. The second-order valence-electron chi connectivity index (χ2n) is 5.56. The van der Waals surface area contributed by atoms with Gasteiger partial charge >= 0.3 is 0 Å². The van der Waals surface area contributed by atoms with Gasteiger partial charge in [-0.1, -0.05) is 32.0 Å². The van der Waals surface area contributed by atoms with E-state index >= 15 is 0 Å². The Morgan fingerprint density at radius 2 is 1.91 bits per heavy atom. The minimum atomic E-state index is 0.873. The number of pyridine rings is 1. The maximum atomic E-state index is 5.37. The van der Waals surface area contributed by atoms with Crippen LogP contribution in [0, 0.1) is 6.92 Å². The fraction of sp³-hybridized carbons (Fsp3) is 0.526. The topological polar surface area (TPSA) is 37.4 Å². The van der Waals surface area contributed by atoms with Crippen LogP contribution in [-0.4, -0.2) is 49.3 Å². The smallest absolute Gasteiger partial charge is 0.133 e. The van der Waals surface area contributed by atoms with E-state index in [-0.39, 0.29) is 0 Å². The number of anilines is 1. The van der Waals surface area contributed by atoms with Crippen LogP contribution >= 0.6 is 0 Å². The van der Waals surface area contributed by atoms with Crippen LogP contribution in [0.1, 0.15) is 25.8 Å². The molecule has 0 unspecified atom stereocenters. The monoisotopic (exact) mass is 315 g/mol. The number of aryl methyl sites for hydroxylation is 1. The first kappa shape index (κ1) is 17.7. The van der Waals surface area contributed by atoms with Crippen molar-refractivity contribution in [3.63, 3.8) is 0 Å². The molecule has 126 valence electrons. The van der Waals surface area contributed by atoms with Gasteiger partial charge in [0.1, 0.15) is 5.82 Å². The fourth-order valence-corrected chi connectivity index (χ4v) is 2.84. The van der Waals surface area contributed by atoms with Crippen LogP contribution in [-0.2, 0) is 4.74 Å². The van der Waals surface area contributed by atoms with Crippen molar-refractivity contribution in [2.75, 3.05) is 44.7 Å². The van der Waals surface area contributed by atoms with E-state index in [1.165, 1.54) is 16.3 Å². The summed E-state index contributed by atoms with van der Waals surface area (Å²) in [4.78, 5) is 6.95. The van der Waals surface area contributed by atoms with E-state index < -0.39 is 0 Å². The van der Waals surface area contributed by atoms with E-state index in [0.29, 0.717) is 0 Å². The molecule has 1 aromatic heterocycles. The number of rotatable bonds is 5. The van der Waals surface area contributed by atoms with E-state index in [1.54, 1.807) is 0 Å². The molecule has 1 aliphatic heterocycles. The highest BCUT2D eigenvalue weighted by Gasteiger charge is 2.09. The first-order valence-corrected chi connectivity index (χ1v) is 8.73. The largest absolute Gasteiger partial charge is 0.379 e. The summed E-state index contributed by atoms with van der Waals surface area (Å²) in [5.41, 5.74) is 1.30. The van der Waals surface area contributed by atoms with E-state index in [4.69, 9.17) is 4.74 Å². The Balaban J connectivity index is 0.000000924. The Bertz CT molecular complexity index is 594. The van der Waals surface area contributed by atoms with Gasteiger partial charge in [0.25, 0.3) is 0 Å². The molecule has 0 aliphatic carbocycles. The number of morpholine rings is 1. The summed E-state index contributed by atoms with van der Waals surface area (Å²) >= 11 is 0. The average molecular weight is 315 g/mol. The lowest BCUT2D eigenvalue weighted by Gasteiger charge is -2.26. The van der Waals surface area contributed by atoms with E-state index in [0.717, 1.165) is 51.6 Å². The standard InChI is InChI=1S/C17H23N3O.C2H6/c1-14-4-2-5-16-15(14)6-8-19-17(16)18-7-3-9-20-10-12-21-13-11-20;1-2/h2,4-6,8H,3,7,9-13H2,1H3,(H,18,19);1-2H3. The number of hydrogen-bond donors (Lipinski definition) is 1. The van der Waals surface area contributed by atoms with Gasteiger partial charge in [-0.15, -0.1) is 0 Å². The zero-order chi connectivity index (χ0) is 16.5. The molecule has 0 radical (unpaired) electrons. The Labute approximate surface area is 139 Å². The van der Waals surface area contributed by atoms with Gasteiger partial charge in [-0.05, 0) is 36.9 Å². The molecule has 0 saturated carbocycles. The Morgan fingerprint density at radius 3 is 2.70 bits per heavy atom. The molecule has 0 amide bonds. The molecule has 1 aliphatic rings. The number of aromatic nitrogens is 1. The van der Waals surface area contributed by atoms with Gasteiger partial charge in [-0.2, -0.15) is 0 Å². The molecule has 1 N–H and O–H groups in total. The quantitative estimate of drug-likeness (QED) is 0.854. The summed E-state index contributed by atoms with van der Waals surface area (Å²) < 4.78 is 5.37. The number of hydrogen-bond acceptors (Lipinski definition) is 4. The Hall–Kier alpha value is -1.65. The van der Waals surface area contributed by atoms with Crippen LogP contribution < -0.4 is 5.32 Å². The van der Waals surface area contributed by atoms with Gasteiger partial charge in [0.2, 0.25) is 0 Å². The molecule has 1 aromatic carbocycles. The highest BCUT2D eigenvalue weighted by atomic mass is 16.5. The second kappa shape index (κ2) is 9.48. The van der Waals surface area contributed by atoms with Crippen molar-refractivity contribution >= 4 is 16.6 Å². The predicted molar refractivity (Wildman–Crippen MR) is 98.2 cm³/mol. The number of nitrogens with zero attached hydrogens (tertiary/aromatic N) is 2. The van der Waals surface area contributed by atoms with Crippen LogP contribution in [0.4, 0.5) is 5.82 Å². The van der Waals surface area contributed by atoms with Crippen LogP contribution in [0.15, 0.2) is 30.5 Å². The van der Waals surface area contributed by atoms with Crippen LogP contribution in [0.2, 0.25) is 0 Å². The molecule has 3 rings (SSSR count). The molecule has 1 saturated heterocycles. The van der Waals surface area contributed by atoms with Crippen molar-refractivity contribution in [3.8, 4) is 0 Å². The SMILES string of the molecule is CC.Cc1cccc2c(NCCCN3CCOCC3)nccc12. The minimum Gasteiger partial charge on any atom is -0.379 e. The Morgan fingerprint density at radius 1 is 1.13 bits per heavy atom. The van der Waals surface area contributed by atoms with E-state index in [1.807, 2.05) is 20.0 Å². The van der Waals surface area contributed by atoms with E-state index in [9.17, 15) is 0 Å². The molecule has 23 heavy (non-hydrogen) atoms. The van der Waals surface area contributed by atoms with Gasteiger partial charge in [0.15, 0.2) is 0 Å². The predicted octanol–water partition coefficient (Wildman–Crippen LogP) is 3.70. The van der Waals surface area contributed by atoms with Crippen molar-refractivity contribution in [1.82, 2.24) is 9.88 Å². The maximum Gasteiger partial charge on any atom is 0.133 e. The van der Waals surface area contributed by atoms with Crippen molar-refractivity contribution in [2.45, 2.75) is 27.2 Å². The Kier molecular flexibility index (Phi) is 7.30. The summed E-state index contributed by atoms with van der Waals surface area (Å²) in [6, 6.07) is 8.46. The second-order valence-corrected chi connectivity index (χ2v) is 5.56. The van der Waals surface area contributed by atoms with Crippen molar-refractivity contribution in [1.29, 1.82) is 0 Å². The highest BCUT2D eigenvalue weighted by Crippen LogP contribution is 2.23. The van der Waals surface area contributed by atoms with Gasteiger partial charge in [0, 0.05) is 31.2 Å². The zero-order valence-electron chi connectivity index (χ0n) is 14.6. The summed E-state index contributed by atoms with van der Waals surface area (Å²) in [5.74, 6) is 0.998. The molecule has 0 spiro atoms. The van der Waals surface area contributed by atoms with Crippen molar-refractivity contribution in [2.24, 2.45) is 0 Å². The third-order valence-corrected chi connectivity index (χ3v) is 4.07. The lowest BCUT2D eigenvalue weighted by atomic mass is 10.1. The minimum absolute atomic E-state index is 0.873. The first-order valence-electron chi connectivity index (χ1n) is 8.73. The summed E-state index contributed by atoms with van der Waals surface area (Å²) in [6.45, 7) is 12.1. The molecule has 4 heteroatoms. The van der Waals surface area contributed by atoms with Crippen LogP contribution in [0.25, 0.3) is 10.8 Å². The van der Waals surface area contributed by atoms with Gasteiger partial charge in [-0.25, -0.2) is 4.98 Å². The highest BCUT2D eigenvalue weighted by molar-refractivity contribution is 5.93. The van der Waals surface area contributed by atoms with Gasteiger partial charge < -0.3 is 10.1 Å². The van der Waals surface area contributed by atoms with Crippen molar-refractivity contribution in [3.05, 3.63) is 36.0 Å². The molecular formula is C19H29N3O. The van der Waals surface area contributed by atoms with E-state index in [2.05, 4.69) is 46.4 Å². The van der Waals surface area contributed by atoms with Crippen LogP contribution in [0.5, 0.6) is 0 Å². The summed E-state index contributed by atoms with van der Waals surface area (Å²) in [6.07, 6.45) is 3.02. The zero-order valence-corrected chi connectivity index (χ0v) is 14.6. The number of benzene rings is 1. The maximum absolute atomic E-state index is 5.37. The summed E-state index contributed by atoms with van der Waals surface area (Å²) in [5, 5.41) is 5.98. The van der Waals surface area contributed by atoms with Gasteiger partial charge in [-0.3, -0.25) is 4.90 Å². The van der Waals surface area contributed by atoms with Gasteiger partial charge in [0.05, 0.1) is 13.2 Å². The molecule has 2 aromatic rings. The van der Waals surface area contributed by atoms with Crippen LogP contribution in [0.3, 0.4) is 0 Å². The summed E-state index contributed by atoms with van der Waals surface area (Å²) in [7, 11) is 0. The normalized spacial score (nSPS) is 15.1. The third kappa shape index (κ3) is 4.91. The first-order chi connectivity index (χ1) is 11.3. The molecule has 0 atom stereocenters. The molecule has 2 heterocycles. The lowest BCUT2D eigenvalue weighted by Crippen LogP contribution is -2.37. The molecule has 0 bridgehead atoms. The average Bonchev–Trinajstić information content (AvgIpc) is 2.62.